The Morgan fingerprint density at radius 2 is 1.95 bits per heavy atom. The van der Waals surface area contributed by atoms with Gasteiger partial charge in [-0.1, -0.05) is 53.2 Å². The smallest absolute Gasteiger partial charge is 0.264 e. The van der Waals surface area contributed by atoms with E-state index in [9.17, 15) is 8.78 Å². The molecule has 0 bridgehead atoms. The van der Waals surface area contributed by atoms with Crippen molar-refractivity contribution < 1.29 is 13.6 Å². The maximum absolute atomic E-state index is 12.7. The largest absolute Gasteiger partial charge is 0.390 e. The molecule has 0 spiro atoms. The topological polar surface area (TPSA) is 21.6 Å². The summed E-state index contributed by atoms with van der Waals surface area (Å²) in [5.41, 5.74) is 2.27. The highest BCUT2D eigenvalue weighted by Crippen LogP contribution is 2.23. The lowest BCUT2D eigenvalue weighted by Gasteiger charge is -2.06. The van der Waals surface area contributed by atoms with E-state index in [4.69, 9.17) is 4.84 Å². The molecular weight excluding hydrogens is 260 g/mol. The van der Waals surface area contributed by atoms with Gasteiger partial charge in [0.05, 0.1) is 0 Å². The Morgan fingerprint density at radius 1 is 1.15 bits per heavy atom. The van der Waals surface area contributed by atoms with Crippen LogP contribution in [-0.4, -0.2) is 6.21 Å². The molecule has 0 saturated heterocycles. The molecule has 0 aromatic heterocycles. The lowest BCUT2D eigenvalue weighted by Crippen LogP contribution is -1.96. The molecule has 2 rings (SSSR count). The second-order valence-electron chi connectivity index (χ2n) is 4.35. The van der Waals surface area contributed by atoms with Crippen LogP contribution in [0.15, 0.2) is 53.7 Å². The Kier molecular flexibility index (Phi) is 4.82. The van der Waals surface area contributed by atoms with E-state index in [-0.39, 0.29) is 12.2 Å². The van der Waals surface area contributed by atoms with Crippen molar-refractivity contribution in [2.24, 2.45) is 5.16 Å². The molecular formula is C16H14F2NO. The zero-order chi connectivity index (χ0) is 14.4. The Balaban J connectivity index is 1.96. The quantitative estimate of drug-likeness (QED) is 0.586. The van der Waals surface area contributed by atoms with Crippen LogP contribution in [0, 0.1) is 6.92 Å². The molecule has 103 valence electrons. The summed E-state index contributed by atoms with van der Waals surface area (Å²) in [6.07, 6.45) is 0.205. The van der Waals surface area contributed by atoms with Crippen LogP contribution in [0.3, 0.4) is 0 Å². The molecule has 0 saturated carbocycles. The van der Waals surface area contributed by atoms with E-state index < -0.39 is 6.43 Å². The number of nitrogens with zero attached hydrogens (tertiary/aromatic N) is 1. The van der Waals surface area contributed by atoms with Crippen LogP contribution in [0.2, 0.25) is 0 Å². The minimum atomic E-state index is -2.51. The highest BCUT2D eigenvalue weighted by atomic mass is 19.3. The number of benzene rings is 2. The average Bonchev–Trinajstić information content (AvgIpc) is 2.44. The van der Waals surface area contributed by atoms with E-state index in [1.165, 1.54) is 6.07 Å². The van der Waals surface area contributed by atoms with Gasteiger partial charge in [-0.3, -0.25) is 0 Å². The average molecular weight is 274 g/mol. The molecule has 2 aromatic carbocycles. The van der Waals surface area contributed by atoms with Gasteiger partial charge in [0.15, 0.2) is 0 Å². The molecule has 0 N–H and O–H groups in total. The summed E-state index contributed by atoms with van der Waals surface area (Å²) in [5, 5.41) is 3.68. The van der Waals surface area contributed by atoms with Gasteiger partial charge >= 0.3 is 0 Å². The van der Waals surface area contributed by atoms with E-state index in [0.717, 1.165) is 11.1 Å². The van der Waals surface area contributed by atoms with E-state index in [1.807, 2.05) is 31.2 Å². The molecule has 0 amide bonds. The number of halogens is 2. The minimum absolute atomic E-state index is 0.000666. The summed E-state index contributed by atoms with van der Waals surface area (Å²) >= 11 is 0. The van der Waals surface area contributed by atoms with Crippen molar-refractivity contribution in [3.05, 3.63) is 70.8 Å². The minimum Gasteiger partial charge on any atom is -0.390 e. The van der Waals surface area contributed by atoms with Crippen LogP contribution in [0.25, 0.3) is 0 Å². The number of alkyl halides is 2. The van der Waals surface area contributed by atoms with Gasteiger partial charge in [-0.2, -0.15) is 0 Å². The molecule has 2 aromatic rings. The summed E-state index contributed by atoms with van der Waals surface area (Å²) in [6.45, 7) is 1.96. The monoisotopic (exact) mass is 274 g/mol. The summed E-state index contributed by atoms with van der Waals surface area (Å²) in [7, 11) is 0. The third-order valence-electron chi connectivity index (χ3n) is 2.77. The fourth-order valence-corrected chi connectivity index (χ4v) is 1.78. The molecule has 0 atom stereocenters. The van der Waals surface area contributed by atoms with Crippen molar-refractivity contribution in [1.82, 2.24) is 0 Å². The summed E-state index contributed by atoms with van der Waals surface area (Å²) in [6, 6.07) is 13.9. The van der Waals surface area contributed by atoms with Gasteiger partial charge in [0.1, 0.15) is 12.8 Å². The van der Waals surface area contributed by atoms with E-state index in [0.29, 0.717) is 5.56 Å². The first-order chi connectivity index (χ1) is 9.66. The van der Waals surface area contributed by atoms with Crippen LogP contribution in [0.4, 0.5) is 8.78 Å². The first-order valence-corrected chi connectivity index (χ1v) is 6.17. The normalized spacial score (nSPS) is 11.2. The second kappa shape index (κ2) is 6.80. The number of hydrogen-bond donors (Lipinski definition) is 0. The van der Waals surface area contributed by atoms with Crippen LogP contribution in [0.5, 0.6) is 0 Å². The molecule has 1 radical (unpaired) electrons. The lowest BCUT2D eigenvalue weighted by molar-refractivity contribution is 0.120. The third-order valence-corrected chi connectivity index (χ3v) is 2.77. The molecule has 0 aliphatic rings. The zero-order valence-corrected chi connectivity index (χ0v) is 11.0. The summed E-state index contributed by atoms with van der Waals surface area (Å²) in [4.78, 5) is 5.03. The first kappa shape index (κ1) is 14.2. The maximum atomic E-state index is 12.7. The van der Waals surface area contributed by atoms with Crippen LogP contribution in [0.1, 0.15) is 28.7 Å². The number of aryl methyl sites for hydroxylation is 1. The van der Waals surface area contributed by atoms with E-state index in [2.05, 4.69) is 11.4 Å². The van der Waals surface area contributed by atoms with Crippen molar-refractivity contribution in [1.29, 1.82) is 0 Å². The van der Waals surface area contributed by atoms with Gasteiger partial charge in [-0.15, -0.1) is 0 Å². The lowest BCUT2D eigenvalue weighted by atomic mass is 10.1. The first-order valence-electron chi connectivity index (χ1n) is 6.17. The van der Waals surface area contributed by atoms with Crippen molar-refractivity contribution in [2.75, 3.05) is 0 Å². The van der Waals surface area contributed by atoms with Crippen LogP contribution in [-0.2, 0) is 11.4 Å². The molecule has 20 heavy (non-hydrogen) atoms. The van der Waals surface area contributed by atoms with E-state index in [1.54, 1.807) is 18.2 Å². The third kappa shape index (κ3) is 3.88. The van der Waals surface area contributed by atoms with Crippen molar-refractivity contribution in [3.8, 4) is 0 Å². The Morgan fingerprint density at radius 3 is 2.70 bits per heavy atom. The van der Waals surface area contributed by atoms with Crippen molar-refractivity contribution in [2.45, 2.75) is 20.0 Å². The van der Waals surface area contributed by atoms with Gasteiger partial charge in [-0.05, 0) is 13.0 Å². The molecule has 2 nitrogen and oxygen atoms in total. The molecule has 4 heteroatoms. The predicted molar refractivity (Wildman–Crippen MR) is 73.9 cm³/mol. The van der Waals surface area contributed by atoms with Gasteiger partial charge in [0, 0.05) is 16.7 Å². The SMILES string of the molecule is Cc1cccc([C]=NOCc2ccccc2C(F)F)c1. The molecule has 0 aliphatic carbocycles. The molecule has 0 unspecified atom stereocenters. The number of rotatable bonds is 5. The maximum Gasteiger partial charge on any atom is 0.264 e. The van der Waals surface area contributed by atoms with Crippen molar-refractivity contribution in [3.63, 3.8) is 0 Å². The van der Waals surface area contributed by atoms with Crippen LogP contribution < -0.4 is 0 Å². The predicted octanol–water partition coefficient (Wildman–Crippen LogP) is 4.36. The Labute approximate surface area is 116 Å². The van der Waals surface area contributed by atoms with Gasteiger partial charge in [0.25, 0.3) is 6.43 Å². The second-order valence-corrected chi connectivity index (χ2v) is 4.35. The molecule has 0 fully saturated rings. The molecule has 0 heterocycles. The number of hydrogen-bond acceptors (Lipinski definition) is 2. The summed E-state index contributed by atoms with van der Waals surface area (Å²) in [5.74, 6) is 0. The Bertz CT molecular complexity index is 597. The zero-order valence-electron chi connectivity index (χ0n) is 11.0. The van der Waals surface area contributed by atoms with Crippen molar-refractivity contribution >= 4 is 6.21 Å². The van der Waals surface area contributed by atoms with Gasteiger partial charge < -0.3 is 4.84 Å². The standard InChI is InChI=1S/C16H14F2NO/c1-12-5-4-6-13(9-12)10-19-20-11-14-7-2-3-8-15(14)16(17)18/h2-9,16H,11H2,1H3. The van der Waals surface area contributed by atoms with E-state index >= 15 is 0 Å². The fraction of sp³-hybridized carbons (Fsp3) is 0.188. The Hall–Kier alpha value is -2.23. The summed E-state index contributed by atoms with van der Waals surface area (Å²) < 4.78 is 25.5. The molecule has 0 aliphatic heterocycles. The highest BCUT2D eigenvalue weighted by Gasteiger charge is 2.11. The fourth-order valence-electron chi connectivity index (χ4n) is 1.78. The van der Waals surface area contributed by atoms with Crippen LogP contribution >= 0.6 is 0 Å². The highest BCUT2D eigenvalue weighted by molar-refractivity contribution is 5.79. The van der Waals surface area contributed by atoms with Gasteiger partial charge in [0.2, 0.25) is 0 Å². The van der Waals surface area contributed by atoms with Gasteiger partial charge in [-0.25, -0.2) is 8.78 Å².